The van der Waals surface area contributed by atoms with E-state index in [0.717, 1.165) is 16.2 Å². The van der Waals surface area contributed by atoms with E-state index in [1.54, 1.807) is 17.8 Å². The lowest BCUT2D eigenvalue weighted by Gasteiger charge is -2.12. The average molecular weight is 288 g/mol. The number of thioether (sulfide) groups is 1. The van der Waals surface area contributed by atoms with Crippen molar-refractivity contribution in [1.82, 2.24) is 0 Å². The van der Waals surface area contributed by atoms with Crippen LogP contribution in [0.15, 0.2) is 53.4 Å². The molecule has 0 unspecified atom stereocenters. The topological polar surface area (TPSA) is 35.5 Å². The van der Waals surface area contributed by atoms with E-state index in [2.05, 4.69) is 0 Å². The molecule has 0 saturated heterocycles. The summed E-state index contributed by atoms with van der Waals surface area (Å²) in [6, 6.07) is 15.1. The van der Waals surface area contributed by atoms with Crippen LogP contribution in [0.2, 0.25) is 0 Å². The third-order valence-electron chi connectivity index (χ3n) is 2.87. The molecule has 2 aromatic rings. The first-order chi connectivity index (χ1) is 9.76. The summed E-state index contributed by atoms with van der Waals surface area (Å²) >= 11 is 1.63. The Hall–Kier alpha value is -1.94. The maximum Gasteiger partial charge on any atom is 0.338 e. The van der Waals surface area contributed by atoms with Crippen LogP contribution in [-0.2, 0) is 11.3 Å². The molecule has 0 aromatic heterocycles. The number of carbonyl (C=O) groups is 1. The van der Waals surface area contributed by atoms with Crippen molar-refractivity contribution in [1.29, 1.82) is 0 Å². The summed E-state index contributed by atoms with van der Waals surface area (Å²) in [6.45, 7) is 0.336. The number of para-hydroxylation sites is 1. The van der Waals surface area contributed by atoms with Crippen LogP contribution in [0.1, 0.15) is 15.9 Å². The second-order valence-corrected chi connectivity index (χ2v) is 4.94. The van der Waals surface area contributed by atoms with Gasteiger partial charge in [0.25, 0.3) is 0 Å². The molecule has 0 radical (unpaired) electrons. The lowest BCUT2D eigenvalue weighted by atomic mass is 10.1. The fourth-order valence-electron chi connectivity index (χ4n) is 1.85. The minimum absolute atomic E-state index is 0.336. The maximum absolute atomic E-state index is 11.7. The van der Waals surface area contributed by atoms with E-state index in [1.165, 1.54) is 7.11 Å². The predicted octanol–water partition coefficient (Wildman–Crippen LogP) is 3.77. The molecule has 0 aliphatic carbocycles. The number of rotatable bonds is 5. The second kappa shape index (κ2) is 7.01. The van der Waals surface area contributed by atoms with Crippen LogP contribution in [0.4, 0.5) is 0 Å². The Kier molecular flexibility index (Phi) is 5.07. The monoisotopic (exact) mass is 288 g/mol. The molecule has 0 N–H and O–H groups in total. The molecule has 0 aliphatic rings. The summed E-state index contributed by atoms with van der Waals surface area (Å²) in [5.74, 6) is 0.474. The van der Waals surface area contributed by atoms with Gasteiger partial charge in [0.2, 0.25) is 0 Å². The molecule has 3 nitrogen and oxygen atoms in total. The largest absolute Gasteiger partial charge is 0.488 e. The summed E-state index contributed by atoms with van der Waals surface area (Å²) in [6.07, 6.45) is 2.00. The van der Waals surface area contributed by atoms with Crippen molar-refractivity contribution >= 4 is 17.7 Å². The van der Waals surface area contributed by atoms with E-state index in [-0.39, 0.29) is 5.97 Å². The Bertz CT molecular complexity index is 596. The molecule has 0 spiro atoms. The van der Waals surface area contributed by atoms with Crippen LogP contribution >= 0.6 is 11.8 Å². The van der Waals surface area contributed by atoms with Crippen LogP contribution in [0.3, 0.4) is 0 Å². The summed E-state index contributed by atoms with van der Waals surface area (Å²) in [5, 5.41) is 0. The normalized spacial score (nSPS) is 10.1. The summed E-state index contributed by atoms with van der Waals surface area (Å²) in [5.41, 5.74) is 1.35. The molecule has 2 aromatic carbocycles. The van der Waals surface area contributed by atoms with Crippen molar-refractivity contribution in [2.24, 2.45) is 0 Å². The highest BCUT2D eigenvalue weighted by Crippen LogP contribution is 2.27. The van der Waals surface area contributed by atoms with Gasteiger partial charge in [-0.2, -0.15) is 0 Å². The van der Waals surface area contributed by atoms with Gasteiger partial charge in [-0.1, -0.05) is 30.3 Å². The number of hydrogen-bond acceptors (Lipinski definition) is 4. The van der Waals surface area contributed by atoms with Crippen molar-refractivity contribution in [3.63, 3.8) is 0 Å². The molecule has 104 valence electrons. The predicted molar refractivity (Wildman–Crippen MR) is 80.3 cm³/mol. The molecule has 0 aliphatic heterocycles. The van der Waals surface area contributed by atoms with Gasteiger partial charge in [0.1, 0.15) is 12.4 Å². The van der Waals surface area contributed by atoms with E-state index < -0.39 is 0 Å². The molecular formula is C16H16O3S. The Morgan fingerprint density at radius 2 is 1.80 bits per heavy atom. The molecule has 0 amide bonds. The molecule has 0 heterocycles. The Balaban J connectivity index is 2.17. The van der Waals surface area contributed by atoms with Crippen LogP contribution in [0.25, 0.3) is 0 Å². The van der Waals surface area contributed by atoms with Crippen molar-refractivity contribution in [3.8, 4) is 5.75 Å². The van der Waals surface area contributed by atoms with Crippen LogP contribution < -0.4 is 4.74 Å². The zero-order valence-electron chi connectivity index (χ0n) is 11.5. The third-order valence-corrected chi connectivity index (χ3v) is 3.65. The molecule has 2 rings (SSSR count). The lowest BCUT2D eigenvalue weighted by molar-refractivity contribution is 0.0597. The van der Waals surface area contributed by atoms with Gasteiger partial charge in [0.15, 0.2) is 0 Å². The van der Waals surface area contributed by atoms with E-state index >= 15 is 0 Å². The first-order valence-corrected chi connectivity index (χ1v) is 7.40. The molecule has 20 heavy (non-hydrogen) atoms. The fraction of sp³-hybridized carbons (Fsp3) is 0.188. The highest BCUT2D eigenvalue weighted by atomic mass is 32.2. The first-order valence-electron chi connectivity index (χ1n) is 6.18. The first kappa shape index (κ1) is 14.5. The van der Waals surface area contributed by atoms with Gasteiger partial charge in [0.05, 0.1) is 12.7 Å². The van der Waals surface area contributed by atoms with Gasteiger partial charge < -0.3 is 9.47 Å². The lowest BCUT2D eigenvalue weighted by Crippen LogP contribution is -2.08. The van der Waals surface area contributed by atoms with Crippen molar-refractivity contribution in [3.05, 3.63) is 59.7 Å². The minimum Gasteiger partial charge on any atom is -0.488 e. The number of esters is 1. The Morgan fingerprint density at radius 1 is 1.10 bits per heavy atom. The van der Waals surface area contributed by atoms with Gasteiger partial charge in [-0.25, -0.2) is 4.79 Å². The van der Waals surface area contributed by atoms with E-state index in [1.807, 2.05) is 48.7 Å². The zero-order valence-corrected chi connectivity index (χ0v) is 12.3. The summed E-state index contributed by atoms with van der Waals surface area (Å²) in [7, 11) is 1.38. The zero-order chi connectivity index (χ0) is 14.4. The van der Waals surface area contributed by atoms with Crippen molar-refractivity contribution < 1.29 is 14.3 Å². The third kappa shape index (κ3) is 3.33. The molecule has 0 saturated carbocycles. The van der Waals surface area contributed by atoms with Crippen LogP contribution in [-0.4, -0.2) is 19.3 Å². The number of benzene rings is 2. The van der Waals surface area contributed by atoms with Gasteiger partial charge >= 0.3 is 5.97 Å². The van der Waals surface area contributed by atoms with Gasteiger partial charge in [-0.15, -0.1) is 11.8 Å². The van der Waals surface area contributed by atoms with Gasteiger partial charge in [-0.3, -0.25) is 0 Å². The van der Waals surface area contributed by atoms with Crippen LogP contribution in [0, 0.1) is 0 Å². The van der Waals surface area contributed by atoms with Crippen molar-refractivity contribution in [2.75, 3.05) is 13.4 Å². The quantitative estimate of drug-likeness (QED) is 0.619. The number of ether oxygens (including phenoxy) is 2. The number of methoxy groups -OCH3 is 1. The molecule has 4 heteroatoms. The molecule has 0 atom stereocenters. The summed E-state index contributed by atoms with van der Waals surface area (Å²) < 4.78 is 10.6. The molecule has 0 fully saturated rings. The maximum atomic E-state index is 11.7. The van der Waals surface area contributed by atoms with E-state index in [4.69, 9.17) is 9.47 Å². The molecular weight excluding hydrogens is 272 g/mol. The standard InChI is InChI=1S/C16H16O3S/c1-18-16(17)13-8-4-3-7-12(13)11-19-14-9-5-6-10-15(14)20-2/h3-10H,11H2,1-2H3. The van der Waals surface area contributed by atoms with Gasteiger partial charge in [0, 0.05) is 10.5 Å². The van der Waals surface area contributed by atoms with E-state index in [9.17, 15) is 4.79 Å². The fourth-order valence-corrected chi connectivity index (χ4v) is 2.39. The van der Waals surface area contributed by atoms with Gasteiger partial charge in [-0.05, 0) is 24.5 Å². The van der Waals surface area contributed by atoms with Crippen molar-refractivity contribution in [2.45, 2.75) is 11.5 Å². The average Bonchev–Trinajstić information content (AvgIpc) is 2.52. The Labute approximate surface area is 122 Å². The molecule has 0 bridgehead atoms. The van der Waals surface area contributed by atoms with E-state index in [0.29, 0.717) is 12.2 Å². The minimum atomic E-state index is -0.345. The SMILES string of the molecule is COC(=O)c1ccccc1COc1ccccc1SC. The van der Waals surface area contributed by atoms with Crippen LogP contribution in [0.5, 0.6) is 5.75 Å². The smallest absolute Gasteiger partial charge is 0.338 e. The summed E-state index contributed by atoms with van der Waals surface area (Å²) in [4.78, 5) is 12.8. The number of hydrogen-bond donors (Lipinski definition) is 0. The second-order valence-electron chi connectivity index (χ2n) is 4.09. The Morgan fingerprint density at radius 3 is 2.55 bits per heavy atom. The number of carbonyl (C=O) groups excluding carboxylic acids is 1. The highest BCUT2D eigenvalue weighted by Gasteiger charge is 2.11. The highest BCUT2D eigenvalue weighted by molar-refractivity contribution is 7.98.